The molecule has 1 fully saturated rings. The molecule has 2 rings (SSSR count). The number of nitrogens with zero attached hydrogens (tertiary/aromatic N) is 1. The van der Waals surface area contributed by atoms with Gasteiger partial charge in [0.05, 0.1) is 0 Å². The first-order chi connectivity index (χ1) is 12.0. The van der Waals surface area contributed by atoms with Crippen molar-refractivity contribution in [1.82, 2.24) is 10.4 Å². The van der Waals surface area contributed by atoms with Crippen LogP contribution in [0.1, 0.15) is 32.3 Å². The molecule has 136 valence electrons. The zero-order valence-corrected chi connectivity index (χ0v) is 14.8. The zero-order valence-electron chi connectivity index (χ0n) is 14.8. The van der Waals surface area contributed by atoms with Crippen LogP contribution < -0.4 is 5.48 Å². The molecule has 2 amide bonds. The van der Waals surface area contributed by atoms with Gasteiger partial charge < -0.3 is 9.64 Å². The average Bonchev–Trinajstić information content (AvgIpc) is 2.66. The van der Waals surface area contributed by atoms with Gasteiger partial charge in [-0.2, -0.15) is 0 Å². The lowest BCUT2D eigenvalue weighted by atomic mass is 9.90. The van der Waals surface area contributed by atoms with Gasteiger partial charge in [0.2, 0.25) is 5.91 Å². The Hall–Kier alpha value is -2.34. The molecule has 0 aliphatic carbocycles. The number of hydrogen-bond donors (Lipinski definition) is 2. The summed E-state index contributed by atoms with van der Waals surface area (Å²) in [5.41, 5.74) is 3.90. The van der Waals surface area contributed by atoms with Gasteiger partial charge in [-0.1, -0.05) is 55.8 Å². The van der Waals surface area contributed by atoms with Crippen molar-refractivity contribution in [2.45, 2.75) is 33.3 Å². The van der Waals surface area contributed by atoms with Crippen LogP contribution in [-0.2, 0) is 16.1 Å². The number of carbonyl (C=O) groups is 2. The lowest BCUT2D eigenvalue weighted by molar-refractivity contribution is -0.133. The van der Waals surface area contributed by atoms with Crippen molar-refractivity contribution in [3.63, 3.8) is 0 Å². The molecule has 0 aromatic heterocycles. The van der Waals surface area contributed by atoms with E-state index in [9.17, 15) is 9.59 Å². The number of carbonyl (C=O) groups excluding carboxylic acids is 2. The molecule has 1 aromatic rings. The molecule has 1 aliphatic rings. The van der Waals surface area contributed by atoms with Gasteiger partial charge >= 0.3 is 6.09 Å². The number of benzene rings is 1. The summed E-state index contributed by atoms with van der Waals surface area (Å²) in [7, 11) is 0. The Morgan fingerprint density at radius 3 is 2.48 bits per heavy atom. The summed E-state index contributed by atoms with van der Waals surface area (Å²) in [5, 5.41) is 8.71. The van der Waals surface area contributed by atoms with Crippen LogP contribution in [0.2, 0.25) is 0 Å². The first kappa shape index (κ1) is 19.0. The lowest BCUT2D eigenvalue weighted by Crippen LogP contribution is -2.37. The van der Waals surface area contributed by atoms with Gasteiger partial charge in [-0.15, -0.1) is 0 Å². The Bertz CT molecular complexity index is 605. The van der Waals surface area contributed by atoms with Gasteiger partial charge in [0.25, 0.3) is 0 Å². The average molecular weight is 346 g/mol. The Kier molecular flexibility index (Phi) is 7.01. The number of piperidine rings is 1. The van der Waals surface area contributed by atoms with E-state index in [2.05, 4.69) is 6.08 Å². The van der Waals surface area contributed by atoms with Crippen molar-refractivity contribution in [1.29, 1.82) is 0 Å². The number of hydroxylamine groups is 1. The molecule has 2 unspecified atom stereocenters. The highest BCUT2D eigenvalue weighted by atomic mass is 16.6. The van der Waals surface area contributed by atoms with E-state index in [-0.39, 0.29) is 30.4 Å². The zero-order chi connectivity index (χ0) is 18.2. The van der Waals surface area contributed by atoms with Crippen LogP contribution in [0.5, 0.6) is 0 Å². The van der Waals surface area contributed by atoms with E-state index in [0.717, 1.165) is 18.4 Å². The Morgan fingerprint density at radius 1 is 1.24 bits per heavy atom. The maximum absolute atomic E-state index is 12.1. The molecule has 25 heavy (non-hydrogen) atoms. The van der Waals surface area contributed by atoms with Crippen LogP contribution in [0.3, 0.4) is 0 Å². The molecule has 1 heterocycles. The van der Waals surface area contributed by atoms with Gasteiger partial charge in [0.1, 0.15) is 6.61 Å². The van der Waals surface area contributed by atoms with Crippen LogP contribution in [0.25, 0.3) is 0 Å². The monoisotopic (exact) mass is 346 g/mol. The van der Waals surface area contributed by atoms with E-state index in [4.69, 9.17) is 9.94 Å². The van der Waals surface area contributed by atoms with E-state index in [0.29, 0.717) is 13.1 Å². The topological polar surface area (TPSA) is 78.9 Å². The highest BCUT2D eigenvalue weighted by molar-refractivity contribution is 5.77. The van der Waals surface area contributed by atoms with Gasteiger partial charge in [-0.25, -0.2) is 10.3 Å². The van der Waals surface area contributed by atoms with Crippen LogP contribution in [-0.4, -0.2) is 35.2 Å². The summed E-state index contributed by atoms with van der Waals surface area (Å²) in [6, 6.07) is 9.61. The smallest absolute Gasteiger partial charge is 0.410 e. The summed E-state index contributed by atoms with van der Waals surface area (Å²) in [5.74, 6) is -0.656. The van der Waals surface area contributed by atoms with Gasteiger partial charge in [-0.3, -0.25) is 10.0 Å². The Morgan fingerprint density at radius 2 is 1.88 bits per heavy atom. The molecule has 2 atom stereocenters. The minimum atomic E-state index is -0.383. The fourth-order valence-corrected chi connectivity index (χ4v) is 2.81. The van der Waals surface area contributed by atoms with E-state index >= 15 is 0 Å². The van der Waals surface area contributed by atoms with E-state index in [1.54, 1.807) is 17.3 Å². The molecule has 0 bridgehead atoms. The van der Waals surface area contributed by atoms with Gasteiger partial charge in [0.15, 0.2) is 0 Å². The summed E-state index contributed by atoms with van der Waals surface area (Å²) in [6.45, 7) is 5.25. The van der Waals surface area contributed by atoms with Crippen LogP contribution in [0.15, 0.2) is 42.0 Å². The second kappa shape index (κ2) is 9.22. The maximum Gasteiger partial charge on any atom is 0.410 e. The molecule has 0 spiro atoms. The largest absolute Gasteiger partial charge is 0.445 e. The third-order valence-corrected chi connectivity index (χ3v) is 4.68. The second-order valence-electron chi connectivity index (χ2n) is 6.48. The van der Waals surface area contributed by atoms with E-state index in [1.807, 2.05) is 37.3 Å². The van der Waals surface area contributed by atoms with Crippen molar-refractivity contribution in [3.05, 3.63) is 47.5 Å². The number of hydrogen-bond acceptors (Lipinski definition) is 4. The van der Waals surface area contributed by atoms with E-state index < -0.39 is 0 Å². The molecular formula is C19H26N2O4. The van der Waals surface area contributed by atoms with Gasteiger partial charge in [0, 0.05) is 19.0 Å². The number of allylic oxidation sites excluding steroid dienone is 1. The fraction of sp³-hybridized carbons (Fsp3) is 0.474. The first-order valence-electron chi connectivity index (χ1n) is 8.60. The third kappa shape index (κ3) is 5.60. The van der Waals surface area contributed by atoms with Crippen molar-refractivity contribution in [2.24, 2.45) is 11.8 Å². The molecule has 0 radical (unpaired) electrons. The normalized spacial score (nSPS) is 16.8. The molecule has 6 nitrogen and oxygen atoms in total. The predicted octanol–water partition coefficient (Wildman–Crippen LogP) is 3.12. The summed E-state index contributed by atoms with van der Waals surface area (Å²) < 4.78 is 5.35. The molecule has 6 heteroatoms. The van der Waals surface area contributed by atoms with Crippen molar-refractivity contribution in [2.75, 3.05) is 13.1 Å². The Balaban J connectivity index is 1.79. The van der Waals surface area contributed by atoms with E-state index in [1.165, 1.54) is 5.57 Å². The van der Waals surface area contributed by atoms with Crippen LogP contribution in [0.4, 0.5) is 4.79 Å². The number of amides is 2. The molecule has 2 N–H and O–H groups in total. The lowest BCUT2D eigenvalue weighted by Gasteiger charge is -2.28. The molecule has 1 aromatic carbocycles. The second-order valence-corrected chi connectivity index (χ2v) is 6.48. The molecule has 0 saturated carbocycles. The summed E-state index contributed by atoms with van der Waals surface area (Å²) in [4.78, 5) is 25.3. The van der Waals surface area contributed by atoms with Crippen molar-refractivity contribution < 1.29 is 19.5 Å². The quantitative estimate of drug-likeness (QED) is 0.488. The molecular weight excluding hydrogens is 320 g/mol. The summed E-state index contributed by atoms with van der Waals surface area (Å²) >= 11 is 0. The fourth-order valence-electron chi connectivity index (χ4n) is 2.81. The number of ether oxygens (including phenoxy) is 1. The minimum absolute atomic E-state index is 0.0266. The van der Waals surface area contributed by atoms with Crippen LogP contribution >= 0.6 is 0 Å². The van der Waals surface area contributed by atoms with Crippen LogP contribution in [0, 0.1) is 11.8 Å². The molecule has 1 aliphatic heterocycles. The standard InChI is InChI=1S/C19H26N2O4/c1-14(15(2)18(22)20-24)12-16-8-10-21(11-9-16)19(23)25-13-17-6-4-3-5-7-17/h3-7,12,14-15,24H,8-11,13H2,1-2H3,(H,20,22). The van der Waals surface area contributed by atoms with Crippen molar-refractivity contribution in [3.8, 4) is 0 Å². The highest BCUT2D eigenvalue weighted by Gasteiger charge is 2.23. The first-order valence-corrected chi connectivity index (χ1v) is 8.60. The number of nitrogens with one attached hydrogen (secondary N) is 1. The summed E-state index contributed by atoms with van der Waals surface area (Å²) in [6.07, 6.45) is 3.34. The van der Waals surface area contributed by atoms with Gasteiger partial charge in [-0.05, 0) is 24.3 Å². The SMILES string of the molecule is CC(C=C1CCN(C(=O)OCc2ccccc2)CC1)C(C)C(=O)NO. The minimum Gasteiger partial charge on any atom is -0.445 e. The maximum atomic E-state index is 12.1. The number of likely N-dealkylation sites (tertiary alicyclic amines) is 1. The van der Waals surface area contributed by atoms with Crippen molar-refractivity contribution >= 4 is 12.0 Å². The molecule has 1 saturated heterocycles. The third-order valence-electron chi connectivity index (χ3n) is 4.68. The Labute approximate surface area is 148 Å². The highest BCUT2D eigenvalue weighted by Crippen LogP contribution is 2.22. The predicted molar refractivity (Wildman–Crippen MR) is 93.8 cm³/mol. The number of rotatable bonds is 5.